The summed E-state index contributed by atoms with van der Waals surface area (Å²) in [5, 5.41) is 15.8. The van der Waals surface area contributed by atoms with Crippen molar-refractivity contribution in [3.63, 3.8) is 0 Å². The Morgan fingerprint density at radius 2 is 1.67 bits per heavy atom. The first-order valence-corrected chi connectivity index (χ1v) is 22.7. The first kappa shape index (κ1) is 40.6. The Morgan fingerprint density at radius 1 is 0.909 bits per heavy atom. The van der Waals surface area contributed by atoms with Crippen LogP contribution in [0, 0.1) is 25.1 Å². The molecule has 8 aromatic rings. The van der Waals surface area contributed by atoms with Crippen LogP contribution >= 0.6 is 0 Å². The van der Waals surface area contributed by atoms with Crippen LogP contribution < -0.4 is 11.4 Å². The zero-order chi connectivity index (χ0) is 45.2. The molecule has 0 unspecified atom stereocenters. The molecule has 16 nitrogen and oxygen atoms in total. The van der Waals surface area contributed by atoms with Crippen LogP contribution in [-0.4, -0.2) is 87.2 Å². The third kappa shape index (κ3) is 6.30. The molecule has 0 radical (unpaired) electrons. The Labute approximate surface area is 377 Å². The molecule has 1 saturated carbocycles. The molecule has 3 aromatic carbocycles. The molecule has 1 N–H and O–H groups in total. The fourth-order valence-electron chi connectivity index (χ4n) is 10.8. The van der Waals surface area contributed by atoms with Gasteiger partial charge in [-0.3, -0.25) is 28.1 Å². The SMILES string of the molecule is Cc1cc(-n2nc3c(c2-n2ccn(-c4ccc5c(cnn5CC5(C)COC5)c4)c2=O)[C@H](C)N(C(=O)c2cc4cc(C5CCOCC5)ccc4n2C2(c4noc(=O)[nH]4)CC2)CC3)cc(C)c1F. The number of H-pyrrole nitrogens is 1. The molecule has 66 heavy (non-hydrogen) atoms. The maximum Gasteiger partial charge on any atom is 0.438 e. The first-order chi connectivity index (χ1) is 31.9. The van der Waals surface area contributed by atoms with Gasteiger partial charge in [0.1, 0.15) is 22.9 Å². The molecule has 8 heterocycles. The van der Waals surface area contributed by atoms with E-state index in [2.05, 4.69) is 40.4 Å². The van der Waals surface area contributed by atoms with Gasteiger partial charge in [-0.25, -0.2) is 18.7 Å². The zero-order valence-electron chi connectivity index (χ0n) is 37.2. The van der Waals surface area contributed by atoms with E-state index in [-0.39, 0.29) is 22.8 Å². The number of fused-ring (bicyclic) bond motifs is 3. The van der Waals surface area contributed by atoms with E-state index in [1.807, 2.05) is 51.5 Å². The van der Waals surface area contributed by atoms with Gasteiger partial charge in [0, 0.05) is 65.8 Å². The van der Waals surface area contributed by atoms with Crippen molar-refractivity contribution in [2.24, 2.45) is 5.41 Å². The maximum absolute atomic E-state index is 15.4. The summed E-state index contributed by atoms with van der Waals surface area (Å²) in [6, 6.07) is 17.1. The van der Waals surface area contributed by atoms with Crippen LogP contribution in [0.4, 0.5) is 4.39 Å². The highest BCUT2D eigenvalue weighted by atomic mass is 19.1. The highest BCUT2D eigenvalue weighted by molar-refractivity contribution is 6.00. The normalized spacial score (nSPS) is 19.1. The summed E-state index contributed by atoms with van der Waals surface area (Å²) in [7, 11) is 0. The molecule has 3 aliphatic heterocycles. The predicted octanol–water partition coefficient (Wildman–Crippen LogP) is 6.78. The lowest BCUT2D eigenvalue weighted by atomic mass is 9.89. The second-order valence-electron chi connectivity index (χ2n) is 19.1. The zero-order valence-corrected chi connectivity index (χ0v) is 37.2. The summed E-state index contributed by atoms with van der Waals surface area (Å²) in [4.78, 5) is 47.2. The summed E-state index contributed by atoms with van der Waals surface area (Å²) >= 11 is 0. The van der Waals surface area contributed by atoms with Crippen LogP contribution in [0.15, 0.2) is 87.3 Å². The molecule has 2 saturated heterocycles. The Bertz CT molecular complexity index is 3360. The van der Waals surface area contributed by atoms with Gasteiger partial charge < -0.3 is 18.9 Å². The van der Waals surface area contributed by atoms with Gasteiger partial charge in [-0.05, 0) is 118 Å². The van der Waals surface area contributed by atoms with Crippen LogP contribution in [0.2, 0.25) is 0 Å². The number of hydrogen-bond acceptors (Lipinski definition) is 9. The Hall–Kier alpha value is -6.85. The van der Waals surface area contributed by atoms with Crippen LogP contribution in [-0.2, 0) is 28.0 Å². The molecule has 3 fully saturated rings. The van der Waals surface area contributed by atoms with Gasteiger partial charge in [0.2, 0.25) is 0 Å². The van der Waals surface area contributed by atoms with E-state index in [1.165, 1.54) is 5.56 Å². The van der Waals surface area contributed by atoms with Gasteiger partial charge in [-0.15, -0.1) is 0 Å². The minimum atomic E-state index is -0.779. The number of aryl methyl sites for hydroxylation is 2. The van der Waals surface area contributed by atoms with Crippen molar-refractivity contribution in [2.75, 3.05) is 33.0 Å². The van der Waals surface area contributed by atoms with Crippen LogP contribution in [0.1, 0.15) is 95.8 Å². The molecule has 0 spiro atoms. The van der Waals surface area contributed by atoms with Gasteiger partial charge >= 0.3 is 11.4 Å². The van der Waals surface area contributed by atoms with Crippen LogP contribution in [0.5, 0.6) is 0 Å². The van der Waals surface area contributed by atoms with E-state index in [4.69, 9.17) is 19.1 Å². The van der Waals surface area contributed by atoms with E-state index in [9.17, 15) is 9.59 Å². The molecule has 5 aromatic heterocycles. The molecule has 17 heteroatoms. The molecule has 0 bridgehead atoms. The van der Waals surface area contributed by atoms with Crippen molar-refractivity contribution in [3.05, 3.63) is 140 Å². The second-order valence-corrected chi connectivity index (χ2v) is 19.1. The van der Waals surface area contributed by atoms with Gasteiger partial charge in [0.15, 0.2) is 5.82 Å². The number of nitrogens with one attached hydrogen (secondary N) is 1. The fraction of sp³-hybridized carbons (Fsp3) is 0.388. The Balaban J connectivity index is 0.966. The number of aromatic amines is 1. The van der Waals surface area contributed by atoms with Crippen molar-refractivity contribution in [1.82, 2.24) is 48.3 Å². The molecular weight excluding hydrogens is 844 g/mol. The Morgan fingerprint density at radius 3 is 2.38 bits per heavy atom. The number of nitrogens with zero attached hydrogens (tertiary/aromatic N) is 9. The highest BCUT2D eigenvalue weighted by Gasteiger charge is 2.52. The van der Waals surface area contributed by atoms with Crippen molar-refractivity contribution in [2.45, 2.75) is 83.8 Å². The monoisotopic (exact) mass is 892 g/mol. The van der Waals surface area contributed by atoms with Gasteiger partial charge in [-0.1, -0.05) is 18.1 Å². The lowest BCUT2D eigenvalue weighted by molar-refractivity contribution is -0.111. The summed E-state index contributed by atoms with van der Waals surface area (Å²) in [6.45, 7) is 11.4. The first-order valence-electron chi connectivity index (χ1n) is 22.7. The molecule has 1 amide bonds. The van der Waals surface area contributed by atoms with Crippen LogP contribution in [0.3, 0.4) is 0 Å². The largest absolute Gasteiger partial charge is 0.438 e. The van der Waals surface area contributed by atoms with Gasteiger partial charge in [0.25, 0.3) is 5.91 Å². The number of imidazole rings is 1. The lowest BCUT2D eigenvalue weighted by Crippen LogP contribution is -2.43. The summed E-state index contributed by atoms with van der Waals surface area (Å²) in [5.74, 6) is 0.0234. The number of hydrogen-bond donors (Lipinski definition) is 1. The second kappa shape index (κ2) is 14.8. The topological polar surface area (TPSA) is 165 Å². The van der Waals surface area contributed by atoms with Gasteiger partial charge in [0.05, 0.1) is 54.6 Å². The minimum absolute atomic E-state index is 0.0264. The van der Waals surface area contributed by atoms with Gasteiger partial charge in [-0.2, -0.15) is 10.2 Å². The molecule has 338 valence electrons. The van der Waals surface area contributed by atoms with Crippen LogP contribution in [0.25, 0.3) is 39.0 Å². The van der Waals surface area contributed by atoms with Crippen molar-refractivity contribution in [3.8, 4) is 17.2 Å². The fourth-order valence-corrected chi connectivity index (χ4v) is 10.8. The minimum Gasteiger partial charge on any atom is -0.381 e. The molecular formula is C49H49FN10O6. The number of carbonyl (C=O) groups excluding carboxylic acids is 1. The lowest BCUT2D eigenvalue weighted by Gasteiger charge is -2.37. The molecule has 12 rings (SSSR count). The van der Waals surface area contributed by atoms with E-state index in [0.29, 0.717) is 104 Å². The Kier molecular flexibility index (Phi) is 9.14. The third-order valence-electron chi connectivity index (χ3n) is 14.5. The number of ether oxygens (including phenoxy) is 2. The smallest absolute Gasteiger partial charge is 0.381 e. The number of halogens is 1. The average Bonchev–Trinajstić information content (AvgIpc) is 3.78. The standard InChI is InChI=1S/C49H49FN10O6/c1-28-19-36(20-29(2)42(28)50)60-43(57-16-15-56(47(57)63)35-6-8-38-34(22-35)24-51-58(38)25-48(4)26-65-27-48)41-30(3)55(14-9-37(41)53-60)44(61)40-23-33-21-32(31-10-17-64-18-11-31)5-7-39(33)59(40)49(12-13-49)45-52-46(62)66-54-45/h5-8,15-16,19-24,30-31H,9-14,17-18,25-27H2,1-4H3,(H,52,54,62)/t30-/m0/s1. The quantitative estimate of drug-likeness (QED) is 0.165. The van der Waals surface area contributed by atoms with Crippen molar-refractivity contribution < 1.29 is 23.2 Å². The highest BCUT2D eigenvalue weighted by Crippen LogP contribution is 2.51. The van der Waals surface area contributed by atoms with Crippen molar-refractivity contribution >= 4 is 27.7 Å². The number of carbonyl (C=O) groups is 1. The van der Waals surface area contributed by atoms with E-state index in [1.54, 1.807) is 52.2 Å². The maximum atomic E-state index is 15.4. The van der Waals surface area contributed by atoms with Crippen molar-refractivity contribution in [1.29, 1.82) is 0 Å². The average molecular weight is 893 g/mol. The number of amides is 1. The molecule has 1 aliphatic carbocycles. The third-order valence-corrected chi connectivity index (χ3v) is 14.5. The molecule has 1 atom stereocenters. The summed E-state index contributed by atoms with van der Waals surface area (Å²) in [5.41, 5.74) is 5.99. The number of aromatic nitrogens is 9. The molecule has 4 aliphatic rings. The van der Waals surface area contributed by atoms with E-state index < -0.39 is 17.3 Å². The summed E-state index contributed by atoms with van der Waals surface area (Å²) < 4.78 is 40.2. The van der Waals surface area contributed by atoms with E-state index in [0.717, 1.165) is 46.9 Å². The van der Waals surface area contributed by atoms with E-state index >= 15 is 9.18 Å². The predicted molar refractivity (Wildman–Crippen MR) is 241 cm³/mol. The summed E-state index contributed by atoms with van der Waals surface area (Å²) in [6.07, 6.45) is 8.83. The number of rotatable bonds is 9. The number of benzene rings is 3.